The largest absolute Gasteiger partial charge is 0.398 e. The van der Waals surface area contributed by atoms with E-state index in [4.69, 9.17) is 15.9 Å². The van der Waals surface area contributed by atoms with Crippen molar-refractivity contribution in [3.8, 4) is 0 Å². The molecule has 1 rings (SSSR count). The maximum absolute atomic E-state index is 12.0. The molecule has 5 N–H and O–H groups in total. The monoisotopic (exact) mass is 274 g/mol. The lowest BCUT2D eigenvalue weighted by Crippen LogP contribution is -2.34. The van der Waals surface area contributed by atoms with Gasteiger partial charge in [-0.25, -0.2) is 13.1 Å². The molecule has 0 aliphatic heterocycles. The highest BCUT2D eigenvalue weighted by Gasteiger charge is 2.19. The maximum atomic E-state index is 12.0. The third kappa shape index (κ3) is 3.42. The topological polar surface area (TPSA) is 113 Å². The van der Waals surface area contributed by atoms with Gasteiger partial charge in [0.1, 0.15) is 4.90 Å². The van der Waals surface area contributed by atoms with Crippen molar-refractivity contribution in [3.63, 3.8) is 0 Å². The summed E-state index contributed by atoms with van der Waals surface area (Å²) in [5, 5.41) is 17.8. The molecule has 0 radical (unpaired) electrons. The average molecular weight is 274 g/mol. The van der Waals surface area contributed by atoms with Crippen LogP contribution in [0, 0.1) is 13.8 Å². The Bertz CT molecular complexity index is 528. The van der Waals surface area contributed by atoms with Crippen LogP contribution in [0.25, 0.3) is 0 Å². The van der Waals surface area contributed by atoms with E-state index in [1.807, 2.05) is 6.92 Å². The van der Waals surface area contributed by atoms with Crippen molar-refractivity contribution in [2.45, 2.75) is 24.8 Å². The minimum atomic E-state index is -3.78. The number of hydrogen-bond donors (Lipinski definition) is 4. The van der Waals surface area contributed by atoms with Crippen molar-refractivity contribution in [2.75, 3.05) is 18.9 Å². The highest BCUT2D eigenvalue weighted by Crippen LogP contribution is 2.22. The van der Waals surface area contributed by atoms with Crippen molar-refractivity contribution < 1.29 is 18.6 Å². The summed E-state index contributed by atoms with van der Waals surface area (Å²) in [6, 6.07) is 3.07. The second-order valence-corrected chi connectivity index (χ2v) is 5.90. The van der Waals surface area contributed by atoms with Crippen molar-refractivity contribution in [1.82, 2.24) is 4.72 Å². The van der Waals surface area contributed by atoms with Crippen LogP contribution in [-0.4, -0.2) is 37.9 Å². The summed E-state index contributed by atoms with van der Waals surface area (Å²) in [5.74, 6) is 0. The number of nitrogens with two attached hydrogens (primary N) is 1. The van der Waals surface area contributed by atoms with Gasteiger partial charge in [-0.1, -0.05) is 0 Å². The zero-order chi connectivity index (χ0) is 13.9. The van der Waals surface area contributed by atoms with Gasteiger partial charge in [0, 0.05) is 6.54 Å². The SMILES string of the molecule is Cc1cc(N)c(S(=O)(=O)NCC(O)CO)cc1C. The zero-order valence-corrected chi connectivity index (χ0v) is 11.2. The second kappa shape index (κ2) is 5.66. The third-order valence-corrected chi connectivity index (χ3v) is 4.11. The van der Waals surface area contributed by atoms with Crippen molar-refractivity contribution in [1.29, 1.82) is 0 Å². The first kappa shape index (κ1) is 14.9. The first-order valence-corrected chi connectivity index (χ1v) is 6.91. The Labute approximate surface area is 106 Å². The Balaban J connectivity index is 3.02. The van der Waals surface area contributed by atoms with Gasteiger partial charge < -0.3 is 15.9 Å². The molecule has 1 aromatic carbocycles. The summed E-state index contributed by atoms with van der Waals surface area (Å²) in [4.78, 5) is -0.0178. The molecule has 1 unspecified atom stereocenters. The predicted octanol–water partition coefficient (Wildman–Crippen LogP) is -0.483. The van der Waals surface area contributed by atoms with Crippen LogP contribution in [0.3, 0.4) is 0 Å². The molecule has 1 atom stereocenters. The van der Waals surface area contributed by atoms with Gasteiger partial charge in [0.2, 0.25) is 10.0 Å². The van der Waals surface area contributed by atoms with Gasteiger partial charge in [-0.15, -0.1) is 0 Å². The smallest absolute Gasteiger partial charge is 0.242 e. The number of benzene rings is 1. The molecule has 6 nitrogen and oxygen atoms in total. The predicted molar refractivity (Wildman–Crippen MR) is 68.6 cm³/mol. The summed E-state index contributed by atoms with van der Waals surface area (Å²) in [7, 11) is -3.78. The van der Waals surface area contributed by atoms with Gasteiger partial charge in [0.25, 0.3) is 0 Å². The van der Waals surface area contributed by atoms with E-state index >= 15 is 0 Å². The van der Waals surface area contributed by atoms with Gasteiger partial charge in [0.05, 0.1) is 18.4 Å². The van der Waals surface area contributed by atoms with Crippen molar-refractivity contribution >= 4 is 15.7 Å². The quantitative estimate of drug-likeness (QED) is 0.542. The fraction of sp³-hybridized carbons (Fsp3) is 0.455. The average Bonchev–Trinajstić information content (AvgIpc) is 2.30. The molecule has 7 heteroatoms. The lowest BCUT2D eigenvalue weighted by Gasteiger charge is -2.13. The van der Waals surface area contributed by atoms with Gasteiger partial charge in [0.15, 0.2) is 0 Å². The van der Waals surface area contributed by atoms with Crippen LogP contribution in [0.4, 0.5) is 5.69 Å². The highest BCUT2D eigenvalue weighted by molar-refractivity contribution is 7.89. The van der Waals surface area contributed by atoms with Crippen molar-refractivity contribution in [3.05, 3.63) is 23.3 Å². The van der Waals surface area contributed by atoms with E-state index in [0.29, 0.717) is 0 Å². The first-order valence-electron chi connectivity index (χ1n) is 5.43. The summed E-state index contributed by atoms with van der Waals surface area (Å²) < 4.78 is 26.1. The van der Waals surface area contributed by atoms with E-state index in [-0.39, 0.29) is 17.1 Å². The fourth-order valence-corrected chi connectivity index (χ4v) is 2.66. The maximum Gasteiger partial charge on any atom is 0.242 e. The van der Waals surface area contributed by atoms with Crippen LogP contribution in [0.2, 0.25) is 0 Å². The fourth-order valence-electron chi connectivity index (χ4n) is 1.39. The molecule has 0 aliphatic rings. The number of nitrogen functional groups attached to an aromatic ring is 1. The van der Waals surface area contributed by atoms with E-state index in [1.165, 1.54) is 6.07 Å². The number of aliphatic hydroxyl groups is 2. The van der Waals surface area contributed by atoms with Crippen LogP contribution in [-0.2, 0) is 10.0 Å². The lowest BCUT2D eigenvalue weighted by atomic mass is 10.1. The molecule has 0 spiro atoms. The molecule has 0 aliphatic carbocycles. The Hall–Kier alpha value is -1.15. The second-order valence-electron chi connectivity index (χ2n) is 4.16. The van der Waals surface area contributed by atoms with Crippen LogP contribution in [0.5, 0.6) is 0 Å². The van der Waals surface area contributed by atoms with Crippen molar-refractivity contribution in [2.24, 2.45) is 0 Å². The Morgan fingerprint density at radius 3 is 2.44 bits per heavy atom. The Morgan fingerprint density at radius 1 is 1.33 bits per heavy atom. The molecular weight excluding hydrogens is 256 g/mol. The molecule has 0 saturated heterocycles. The van der Waals surface area contributed by atoms with Crippen LogP contribution in [0.1, 0.15) is 11.1 Å². The van der Waals surface area contributed by atoms with E-state index in [1.54, 1.807) is 13.0 Å². The zero-order valence-electron chi connectivity index (χ0n) is 10.3. The van der Waals surface area contributed by atoms with Crippen LogP contribution < -0.4 is 10.5 Å². The number of anilines is 1. The first-order chi connectivity index (χ1) is 8.27. The third-order valence-electron chi connectivity index (χ3n) is 2.64. The molecule has 1 aromatic rings. The number of hydrogen-bond acceptors (Lipinski definition) is 5. The molecule has 18 heavy (non-hydrogen) atoms. The van der Waals surface area contributed by atoms with E-state index in [9.17, 15) is 8.42 Å². The molecule has 0 aromatic heterocycles. The van der Waals surface area contributed by atoms with Gasteiger partial charge >= 0.3 is 0 Å². The van der Waals surface area contributed by atoms with Gasteiger partial charge in [-0.2, -0.15) is 0 Å². The molecule has 0 heterocycles. The molecule has 0 fully saturated rings. The summed E-state index contributed by atoms with van der Waals surface area (Å²) in [6.45, 7) is 2.86. The van der Waals surface area contributed by atoms with Crippen LogP contribution >= 0.6 is 0 Å². The lowest BCUT2D eigenvalue weighted by molar-refractivity contribution is 0.0988. The van der Waals surface area contributed by atoms with Crippen LogP contribution in [0.15, 0.2) is 17.0 Å². The van der Waals surface area contributed by atoms with E-state index < -0.39 is 22.7 Å². The molecule has 0 saturated carbocycles. The highest BCUT2D eigenvalue weighted by atomic mass is 32.2. The molecular formula is C11H18N2O4S. The summed E-state index contributed by atoms with van der Waals surface area (Å²) >= 11 is 0. The minimum Gasteiger partial charge on any atom is -0.398 e. The number of aryl methyl sites for hydroxylation is 2. The number of sulfonamides is 1. The summed E-state index contributed by atoms with van der Waals surface area (Å²) in [6.07, 6.45) is -1.13. The number of nitrogens with one attached hydrogen (secondary N) is 1. The van der Waals surface area contributed by atoms with Gasteiger partial charge in [-0.05, 0) is 37.1 Å². The standard InChI is InChI=1S/C11H18N2O4S/c1-7-3-10(12)11(4-8(7)2)18(16,17)13-5-9(15)6-14/h3-4,9,13-15H,5-6,12H2,1-2H3. The van der Waals surface area contributed by atoms with Gasteiger partial charge in [-0.3, -0.25) is 0 Å². The number of aliphatic hydroxyl groups excluding tert-OH is 2. The normalized spacial score (nSPS) is 13.6. The minimum absolute atomic E-state index is 0.0178. The summed E-state index contributed by atoms with van der Waals surface area (Å²) in [5.41, 5.74) is 7.56. The number of rotatable bonds is 5. The Kier molecular flexibility index (Phi) is 4.69. The van der Waals surface area contributed by atoms with E-state index in [0.717, 1.165) is 11.1 Å². The van der Waals surface area contributed by atoms with E-state index in [2.05, 4.69) is 4.72 Å². The molecule has 0 bridgehead atoms. The molecule has 102 valence electrons. The Morgan fingerprint density at radius 2 is 1.89 bits per heavy atom. The molecule has 0 amide bonds.